The number of hydrogen-bond acceptors (Lipinski definition) is 2. The number of aromatic nitrogens is 1. The number of ether oxygens (including phenoxy) is 1. The molecule has 0 aliphatic rings. The summed E-state index contributed by atoms with van der Waals surface area (Å²) < 4.78 is 6.95. The highest BCUT2D eigenvalue weighted by atomic mass is 16.5. The van der Waals surface area contributed by atoms with Gasteiger partial charge in [0.05, 0.1) is 6.61 Å². The number of nitrogens with zero attached hydrogens (tertiary/aromatic N) is 1. The van der Waals surface area contributed by atoms with Crippen molar-refractivity contribution in [2.75, 3.05) is 6.61 Å². The minimum Gasteiger partial charge on any atom is -0.466 e. The molecule has 0 aliphatic carbocycles. The number of esters is 1. The number of carbonyl (C=O) groups is 1. The van der Waals surface area contributed by atoms with Crippen LogP contribution in [0.25, 0.3) is 0 Å². The average molecular weight is 194 g/mol. The molecule has 0 atom stereocenters. The Labute approximate surface area is 84.3 Å². The van der Waals surface area contributed by atoms with E-state index in [1.54, 1.807) is 0 Å². The fourth-order valence-electron chi connectivity index (χ4n) is 1.20. The van der Waals surface area contributed by atoms with Gasteiger partial charge in [-0.3, -0.25) is 4.79 Å². The number of pyridine rings is 1. The van der Waals surface area contributed by atoms with Gasteiger partial charge in [-0.1, -0.05) is 6.07 Å². The van der Waals surface area contributed by atoms with Crippen molar-refractivity contribution in [2.24, 2.45) is 0 Å². The van der Waals surface area contributed by atoms with Crippen molar-refractivity contribution in [1.29, 1.82) is 0 Å². The van der Waals surface area contributed by atoms with Crippen LogP contribution in [0.15, 0.2) is 30.6 Å². The first-order chi connectivity index (χ1) is 6.79. The van der Waals surface area contributed by atoms with Gasteiger partial charge in [-0.2, -0.15) is 0 Å². The van der Waals surface area contributed by atoms with Crippen LogP contribution in [0.1, 0.15) is 19.8 Å². The molecular weight excluding hydrogens is 178 g/mol. The number of aryl methyl sites for hydroxylation is 1. The molecule has 0 bridgehead atoms. The highest BCUT2D eigenvalue weighted by molar-refractivity contribution is 5.65. The van der Waals surface area contributed by atoms with Gasteiger partial charge in [-0.25, -0.2) is 4.57 Å². The van der Waals surface area contributed by atoms with E-state index in [0.717, 1.165) is 19.4 Å². The molecule has 0 amide bonds. The van der Waals surface area contributed by atoms with Crippen LogP contribution in [-0.4, -0.2) is 12.6 Å². The van der Waals surface area contributed by atoms with E-state index in [-0.39, 0.29) is 5.97 Å². The standard InChI is InChI=1S/C11H16NO2/c1-11(13)14-10-6-5-9-12-7-3-2-4-8-12/h2-4,7-8H,5-6,9-10H2,1H3/q+1. The number of unbranched alkanes of at least 4 members (excludes halogenated alkanes) is 1. The summed E-state index contributed by atoms with van der Waals surface area (Å²) in [5, 5.41) is 0. The second kappa shape index (κ2) is 6.13. The Kier molecular flexibility index (Phi) is 4.69. The number of carbonyl (C=O) groups excluding carboxylic acids is 1. The highest BCUT2D eigenvalue weighted by Gasteiger charge is 1.98. The fraction of sp³-hybridized carbons (Fsp3) is 0.455. The molecule has 3 nitrogen and oxygen atoms in total. The Morgan fingerprint density at radius 2 is 1.93 bits per heavy atom. The summed E-state index contributed by atoms with van der Waals surface area (Å²) in [7, 11) is 0. The maximum absolute atomic E-state index is 10.4. The van der Waals surface area contributed by atoms with E-state index in [0.29, 0.717) is 6.61 Å². The van der Waals surface area contributed by atoms with Crippen molar-refractivity contribution >= 4 is 5.97 Å². The molecule has 0 spiro atoms. The molecule has 76 valence electrons. The van der Waals surface area contributed by atoms with Crippen molar-refractivity contribution in [3.8, 4) is 0 Å². The summed E-state index contributed by atoms with van der Waals surface area (Å²) >= 11 is 0. The molecule has 14 heavy (non-hydrogen) atoms. The van der Waals surface area contributed by atoms with E-state index in [2.05, 4.69) is 4.57 Å². The summed E-state index contributed by atoms with van der Waals surface area (Å²) in [6.45, 7) is 2.94. The van der Waals surface area contributed by atoms with Crippen LogP contribution in [0, 0.1) is 0 Å². The lowest BCUT2D eigenvalue weighted by atomic mass is 10.3. The zero-order valence-corrected chi connectivity index (χ0v) is 8.48. The zero-order chi connectivity index (χ0) is 10.2. The third-order valence-electron chi connectivity index (χ3n) is 1.89. The van der Waals surface area contributed by atoms with Crippen molar-refractivity contribution in [2.45, 2.75) is 26.3 Å². The third-order valence-corrected chi connectivity index (χ3v) is 1.89. The van der Waals surface area contributed by atoms with Crippen LogP contribution in [0.3, 0.4) is 0 Å². The van der Waals surface area contributed by atoms with Crippen LogP contribution < -0.4 is 4.57 Å². The monoisotopic (exact) mass is 194 g/mol. The lowest BCUT2D eigenvalue weighted by molar-refractivity contribution is -0.697. The van der Waals surface area contributed by atoms with Crippen molar-refractivity contribution in [1.82, 2.24) is 0 Å². The van der Waals surface area contributed by atoms with E-state index in [1.807, 2.05) is 30.6 Å². The molecule has 1 heterocycles. The molecule has 0 aromatic carbocycles. The Bertz CT molecular complexity index is 272. The summed E-state index contributed by atoms with van der Waals surface area (Å²) in [6.07, 6.45) is 6.01. The molecule has 0 N–H and O–H groups in total. The van der Waals surface area contributed by atoms with Gasteiger partial charge >= 0.3 is 5.97 Å². The SMILES string of the molecule is CC(=O)OCCCC[n+]1ccccc1. The van der Waals surface area contributed by atoms with Gasteiger partial charge in [0.1, 0.15) is 6.54 Å². The molecule has 1 rings (SSSR count). The second-order valence-corrected chi connectivity index (χ2v) is 3.16. The van der Waals surface area contributed by atoms with E-state index >= 15 is 0 Å². The van der Waals surface area contributed by atoms with Crippen molar-refractivity contribution < 1.29 is 14.1 Å². The summed E-state index contributed by atoms with van der Waals surface area (Å²) in [5.41, 5.74) is 0. The minimum atomic E-state index is -0.197. The molecule has 1 aromatic heterocycles. The topological polar surface area (TPSA) is 30.2 Å². The average Bonchev–Trinajstić information content (AvgIpc) is 2.18. The predicted octanol–water partition coefficient (Wildman–Crippen LogP) is 1.32. The molecular formula is C11H16NO2+. The maximum Gasteiger partial charge on any atom is 0.302 e. The molecule has 0 unspecified atom stereocenters. The lowest BCUT2D eigenvalue weighted by Gasteiger charge is -1.99. The van der Waals surface area contributed by atoms with E-state index < -0.39 is 0 Å². The highest BCUT2D eigenvalue weighted by Crippen LogP contribution is 1.90. The van der Waals surface area contributed by atoms with Crippen LogP contribution in [0.5, 0.6) is 0 Å². The van der Waals surface area contributed by atoms with Gasteiger partial charge in [-0.05, 0) is 6.42 Å². The normalized spacial score (nSPS) is 9.79. The quantitative estimate of drug-likeness (QED) is 0.402. The largest absolute Gasteiger partial charge is 0.466 e. The molecule has 1 aromatic rings. The first kappa shape index (κ1) is 10.7. The summed E-state index contributed by atoms with van der Waals surface area (Å²) in [6, 6.07) is 6.01. The molecule has 3 heteroatoms. The molecule has 0 radical (unpaired) electrons. The van der Waals surface area contributed by atoms with Crippen LogP contribution in [0.4, 0.5) is 0 Å². The van der Waals surface area contributed by atoms with Gasteiger partial charge in [0.25, 0.3) is 0 Å². The van der Waals surface area contributed by atoms with E-state index in [4.69, 9.17) is 4.74 Å². The first-order valence-electron chi connectivity index (χ1n) is 4.86. The Morgan fingerprint density at radius 3 is 2.57 bits per heavy atom. The summed E-state index contributed by atoms with van der Waals surface area (Å²) in [4.78, 5) is 10.4. The van der Waals surface area contributed by atoms with Gasteiger partial charge in [0.2, 0.25) is 0 Å². The van der Waals surface area contributed by atoms with Crippen LogP contribution in [-0.2, 0) is 16.1 Å². The molecule has 0 fully saturated rings. The third kappa shape index (κ3) is 4.60. The molecule has 0 saturated carbocycles. The van der Waals surface area contributed by atoms with Gasteiger partial charge < -0.3 is 4.74 Å². The maximum atomic E-state index is 10.4. The van der Waals surface area contributed by atoms with Crippen molar-refractivity contribution in [3.63, 3.8) is 0 Å². The molecule has 0 saturated heterocycles. The van der Waals surface area contributed by atoms with Crippen molar-refractivity contribution in [3.05, 3.63) is 30.6 Å². The second-order valence-electron chi connectivity index (χ2n) is 3.16. The van der Waals surface area contributed by atoms with Crippen LogP contribution >= 0.6 is 0 Å². The Balaban J connectivity index is 2.08. The Hall–Kier alpha value is -1.38. The number of rotatable bonds is 5. The van der Waals surface area contributed by atoms with E-state index in [1.165, 1.54) is 6.92 Å². The zero-order valence-electron chi connectivity index (χ0n) is 8.48. The predicted molar refractivity (Wildman–Crippen MR) is 52.5 cm³/mol. The van der Waals surface area contributed by atoms with E-state index in [9.17, 15) is 4.79 Å². The summed E-state index contributed by atoms with van der Waals surface area (Å²) in [5.74, 6) is -0.197. The Morgan fingerprint density at radius 1 is 1.21 bits per heavy atom. The van der Waals surface area contributed by atoms with Crippen LogP contribution in [0.2, 0.25) is 0 Å². The minimum absolute atomic E-state index is 0.197. The molecule has 0 aliphatic heterocycles. The first-order valence-corrected chi connectivity index (χ1v) is 4.86. The van der Waals surface area contributed by atoms with Gasteiger partial charge in [-0.15, -0.1) is 0 Å². The number of hydrogen-bond donors (Lipinski definition) is 0. The smallest absolute Gasteiger partial charge is 0.302 e. The fourth-order valence-corrected chi connectivity index (χ4v) is 1.20. The lowest BCUT2D eigenvalue weighted by Crippen LogP contribution is -2.32. The van der Waals surface area contributed by atoms with Gasteiger partial charge in [0.15, 0.2) is 12.4 Å². The van der Waals surface area contributed by atoms with Gasteiger partial charge in [0, 0.05) is 25.5 Å².